The zero-order valence-corrected chi connectivity index (χ0v) is 16.5. The van der Waals surface area contributed by atoms with Crippen LogP contribution in [0.25, 0.3) is 0 Å². The van der Waals surface area contributed by atoms with Crippen LogP contribution in [0.4, 0.5) is 11.6 Å². The fraction of sp³-hybridized carbons (Fsp3) is 0.550. The van der Waals surface area contributed by atoms with Crippen molar-refractivity contribution in [3.8, 4) is 0 Å². The summed E-state index contributed by atoms with van der Waals surface area (Å²) in [5.41, 5.74) is 2.69. The van der Waals surface area contributed by atoms with Gasteiger partial charge in [-0.3, -0.25) is 10.2 Å². The number of nitrogens with one attached hydrogen (secondary N) is 2. The summed E-state index contributed by atoms with van der Waals surface area (Å²) < 4.78 is 1.94. The summed E-state index contributed by atoms with van der Waals surface area (Å²) in [6.07, 6.45) is 7.36. The van der Waals surface area contributed by atoms with Crippen LogP contribution in [0.1, 0.15) is 58.6 Å². The van der Waals surface area contributed by atoms with Crippen molar-refractivity contribution in [3.63, 3.8) is 0 Å². The lowest BCUT2D eigenvalue weighted by atomic mass is 9.70. The second-order valence-corrected chi connectivity index (χ2v) is 8.43. The topological polar surface area (TPSA) is 97.9 Å². The molecule has 2 heterocycles. The molecule has 0 aliphatic heterocycles. The summed E-state index contributed by atoms with van der Waals surface area (Å²) >= 11 is 0. The summed E-state index contributed by atoms with van der Waals surface area (Å²) in [4.78, 5) is 17.3. The fourth-order valence-corrected chi connectivity index (χ4v) is 3.92. The number of hydrogen-bond donors (Lipinski definition) is 3. The predicted molar refractivity (Wildman–Crippen MR) is 106 cm³/mol. The molecule has 0 aromatic carbocycles. The molecular formula is C20H30N6O. The van der Waals surface area contributed by atoms with Crippen LogP contribution in [-0.2, 0) is 16.8 Å². The van der Waals surface area contributed by atoms with E-state index in [1.807, 2.05) is 28.9 Å². The van der Waals surface area contributed by atoms with E-state index in [1.54, 1.807) is 6.20 Å². The third-order valence-electron chi connectivity index (χ3n) is 5.28. The summed E-state index contributed by atoms with van der Waals surface area (Å²) in [5, 5.41) is 7.76. The van der Waals surface area contributed by atoms with Crippen LogP contribution in [0.5, 0.6) is 0 Å². The van der Waals surface area contributed by atoms with E-state index in [-0.39, 0.29) is 11.4 Å². The second-order valence-electron chi connectivity index (χ2n) is 8.43. The Kier molecular flexibility index (Phi) is 5.51. The first-order valence-electron chi connectivity index (χ1n) is 9.63. The Bertz CT molecular complexity index is 786. The monoisotopic (exact) mass is 370 g/mol. The highest BCUT2D eigenvalue weighted by atomic mass is 16.2. The number of nitrogens with two attached hydrogens (primary N) is 1. The van der Waals surface area contributed by atoms with Crippen LogP contribution < -0.4 is 16.6 Å². The standard InChI is InChI=1S/C20H30N6O/c1-19(2,3)26-17(10-13-22-26)24-16-9-7-8-15(23-16)14-20(18(27)25-21)11-5-4-6-12-20/h7-10,13H,4-6,11-12,14,21H2,1-3H3,(H,23,24)(H,25,27). The predicted octanol–water partition coefficient (Wildman–Crippen LogP) is 3.26. The van der Waals surface area contributed by atoms with Crippen molar-refractivity contribution in [2.45, 2.75) is 64.8 Å². The molecule has 1 amide bonds. The van der Waals surface area contributed by atoms with Crippen molar-refractivity contribution in [2.75, 3.05) is 5.32 Å². The van der Waals surface area contributed by atoms with Gasteiger partial charge in [0.15, 0.2) is 0 Å². The molecule has 0 spiro atoms. The second kappa shape index (κ2) is 7.68. The molecule has 3 rings (SSSR count). The minimum Gasteiger partial charge on any atom is -0.325 e. The molecule has 146 valence electrons. The van der Waals surface area contributed by atoms with Gasteiger partial charge in [0.2, 0.25) is 5.91 Å². The Balaban J connectivity index is 1.81. The van der Waals surface area contributed by atoms with Crippen LogP contribution >= 0.6 is 0 Å². The number of hydrogen-bond acceptors (Lipinski definition) is 5. The summed E-state index contributed by atoms with van der Waals surface area (Å²) in [7, 11) is 0. The van der Waals surface area contributed by atoms with Crippen molar-refractivity contribution in [1.82, 2.24) is 20.2 Å². The van der Waals surface area contributed by atoms with Crippen molar-refractivity contribution in [3.05, 3.63) is 36.2 Å². The van der Waals surface area contributed by atoms with Gasteiger partial charge in [0.25, 0.3) is 0 Å². The maximum atomic E-state index is 12.5. The molecule has 0 saturated heterocycles. The van der Waals surface area contributed by atoms with Crippen LogP contribution in [0, 0.1) is 5.41 Å². The molecule has 1 saturated carbocycles. The first-order valence-corrected chi connectivity index (χ1v) is 9.63. The fourth-order valence-electron chi connectivity index (χ4n) is 3.92. The van der Waals surface area contributed by atoms with Crippen LogP contribution in [0.15, 0.2) is 30.5 Å². The highest BCUT2D eigenvalue weighted by Crippen LogP contribution is 2.39. The van der Waals surface area contributed by atoms with Gasteiger partial charge < -0.3 is 5.32 Å². The number of carbonyl (C=O) groups excluding carboxylic acids is 1. The minimum absolute atomic E-state index is 0.0758. The van der Waals surface area contributed by atoms with Gasteiger partial charge in [-0.05, 0) is 45.7 Å². The Morgan fingerprint density at radius 3 is 2.63 bits per heavy atom. The van der Waals surface area contributed by atoms with Gasteiger partial charge >= 0.3 is 0 Å². The molecule has 27 heavy (non-hydrogen) atoms. The molecule has 0 atom stereocenters. The Labute approximate surface area is 160 Å². The highest BCUT2D eigenvalue weighted by Gasteiger charge is 2.39. The number of hydrazine groups is 1. The van der Waals surface area contributed by atoms with Crippen molar-refractivity contribution < 1.29 is 4.79 Å². The molecule has 1 fully saturated rings. The van der Waals surface area contributed by atoms with Crippen molar-refractivity contribution >= 4 is 17.5 Å². The molecule has 2 aromatic rings. The van der Waals surface area contributed by atoms with Gasteiger partial charge in [-0.15, -0.1) is 0 Å². The van der Waals surface area contributed by atoms with Crippen LogP contribution in [0.3, 0.4) is 0 Å². The van der Waals surface area contributed by atoms with E-state index in [2.05, 4.69) is 36.6 Å². The van der Waals surface area contributed by atoms with Gasteiger partial charge in [0.05, 0.1) is 17.2 Å². The molecule has 0 bridgehead atoms. The van der Waals surface area contributed by atoms with Gasteiger partial charge in [-0.1, -0.05) is 25.3 Å². The highest BCUT2D eigenvalue weighted by molar-refractivity contribution is 5.82. The number of aromatic nitrogens is 3. The van der Waals surface area contributed by atoms with E-state index in [1.165, 1.54) is 6.42 Å². The van der Waals surface area contributed by atoms with E-state index < -0.39 is 5.41 Å². The van der Waals surface area contributed by atoms with Gasteiger partial charge in [0.1, 0.15) is 11.6 Å². The SMILES string of the molecule is CC(C)(C)n1nccc1Nc1cccc(CC2(C(=O)NN)CCCCC2)n1. The zero-order chi connectivity index (χ0) is 19.5. The largest absolute Gasteiger partial charge is 0.325 e. The molecule has 7 heteroatoms. The van der Waals surface area contributed by atoms with E-state index in [4.69, 9.17) is 10.8 Å². The molecule has 0 radical (unpaired) electrons. The average Bonchev–Trinajstić information content (AvgIpc) is 3.10. The third-order valence-corrected chi connectivity index (χ3v) is 5.28. The molecule has 2 aromatic heterocycles. The third kappa shape index (κ3) is 4.30. The molecule has 0 unspecified atom stereocenters. The van der Waals surface area contributed by atoms with Crippen LogP contribution in [0.2, 0.25) is 0 Å². The first kappa shape index (κ1) is 19.4. The minimum atomic E-state index is -0.453. The summed E-state index contributed by atoms with van der Waals surface area (Å²) in [5.74, 6) is 7.04. The van der Waals surface area contributed by atoms with Gasteiger partial charge in [0, 0.05) is 18.2 Å². The number of amides is 1. The van der Waals surface area contributed by atoms with Crippen molar-refractivity contribution in [1.29, 1.82) is 0 Å². The molecule has 4 N–H and O–H groups in total. The van der Waals surface area contributed by atoms with Gasteiger partial charge in [-0.25, -0.2) is 15.5 Å². The number of anilines is 2. The van der Waals surface area contributed by atoms with E-state index >= 15 is 0 Å². The lowest BCUT2D eigenvalue weighted by Crippen LogP contribution is -2.46. The Morgan fingerprint density at radius 1 is 1.22 bits per heavy atom. The van der Waals surface area contributed by atoms with Crippen LogP contribution in [-0.4, -0.2) is 20.7 Å². The first-order chi connectivity index (χ1) is 12.8. The number of nitrogens with zero attached hydrogens (tertiary/aromatic N) is 3. The molecular weight excluding hydrogens is 340 g/mol. The lowest BCUT2D eigenvalue weighted by molar-refractivity contribution is -0.133. The number of rotatable bonds is 5. The normalized spacial score (nSPS) is 16.7. The Morgan fingerprint density at radius 2 is 1.96 bits per heavy atom. The average molecular weight is 371 g/mol. The maximum absolute atomic E-state index is 12.5. The van der Waals surface area contributed by atoms with Gasteiger partial charge in [-0.2, -0.15) is 5.10 Å². The maximum Gasteiger partial charge on any atom is 0.240 e. The van der Waals surface area contributed by atoms with E-state index in [0.29, 0.717) is 6.42 Å². The Hall–Kier alpha value is -2.41. The number of carbonyl (C=O) groups is 1. The smallest absolute Gasteiger partial charge is 0.240 e. The molecule has 7 nitrogen and oxygen atoms in total. The summed E-state index contributed by atoms with van der Waals surface area (Å²) in [6, 6.07) is 7.82. The number of pyridine rings is 1. The lowest BCUT2D eigenvalue weighted by Gasteiger charge is -2.35. The van der Waals surface area contributed by atoms with E-state index in [9.17, 15) is 4.79 Å². The van der Waals surface area contributed by atoms with E-state index in [0.717, 1.165) is 43.0 Å². The quantitative estimate of drug-likeness (QED) is 0.426. The molecule has 1 aliphatic rings. The molecule has 1 aliphatic carbocycles. The summed E-state index contributed by atoms with van der Waals surface area (Å²) in [6.45, 7) is 6.31. The zero-order valence-electron chi connectivity index (χ0n) is 16.5. The van der Waals surface area contributed by atoms with Crippen molar-refractivity contribution in [2.24, 2.45) is 11.3 Å².